The molecule has 2 unspecified atom stereocenters. The van der Waals surface area contributed by atoms with E-state index in [0.717, 1.165) is 24.7 Å². The monoisotopic (exact) mass is 268 g/mol. The average Bonchev–Trinajstić information content (AvgIpc) is 2.67. The largest absolute Gasteiger partial charge is 0.385 e. The van der Waals surface area contributed by atoms with Crippen LogP contribution in [0.5, 0.6) is 0 Å². The zero-order chi connectivity index (χ0) is 13.5. The van der Waals surface area contributed by atoms with Crippen LogP contribution in [0.4, 0.5) is 0 Å². The van der Waals surface area contributed by atoms with Gasteiger partial charge in [0.2, 0.25) is 0 Å². The highest BCUT2D eigenvalue weighted by Crippen LogP contribution is 2.35. The SMILES string of the molecule is CCCNC1CC2CCC(C1)N2CCCCCOC. The number of fused-ring (bicyclic) bond motifs is 2. The lowest BCUT2D eigenvalue weighted by molar-refractivity contribution is 0.113. The molecule has 0 aromatic heterocycles. The van der Waals surface area contributed by atoms with E-state index in [2.05, 4.69) is 17.1 Å². The zero-order valence-electron chi connectivity index (χ0n) is 12.9. The van der Waals surface area contributed by atoms with Gasteiger partial charge < -0.3 is 10.1 Å². The normalized spacial score (nSPS) is 30.9. The summed E-state index contributed by atoms with van der Waals surface area (Å²) in [5, 5.41) is 3.73. The molecule has 19 heavy (non-hydrogen) atoms. The van der Waals surface area contributed by atoms with Crippen molar-refractivity contribution in [2.45, 2.75) is 76.4 Å². The second-order valence-electron chi connectivity index (χ2n) is 6.30. The van der Waals surface area contributed by atoms with Gasteiger partial charge >= 0.3 is 0 Å². The molecule has 3 nitrogen and oxygen atoms in total. The Bertz CT molecular complexity index is 233. The number of unbranched alkanes of at least 4 members (excludes halogenated alkanes) is 2. The lowest BCUT2D eigenvalue weighted by atomic mass is 9.96. The third-order valence-electron chi connectivity index (χ3n) is 4.83. The average molecular weight is 268 g/mol. The van der Waals surface area contributed by atoms with Crippen molar-refractivity contribution in [2.75, 3.05) is 26.8 Å². The van der Waals surface area contributed by atoms with Gasteiger partial charge in [0.05, 0.1) is 0 Å². The van der Waals surface area contributed by atoms with Crippen molar-refractivity contribution in [3.63, 3.8) is 0 Å². The number of rotatable bonds is 9. The predicted octanol–water partition coefficient (Wildman–Crippen LogP) is 2.80. The first-order valence-electron chi connectivity index (χ1n) is 8.33. The van der Waals surface area contributed by atoms with E-state index in [-0.39, 0.29) is 0 Å². The molecule has 0 aromatic rings. The van der Waals surface area contributed by atoms with Crippen molar-refractivity contribution in [1.82, 2.24) is 10.2 Å². The molecule has 0 spiro atoms. The van der Waals surface area contributed by atoms with Gasteiger partial charge in [0.25, 0.3) is 0 Å². The Morgan fingerprint density at radius 1 is 1.11 bits per heavy atom. The van der Waals surface area contributed by atoms with E-state index in [4.69, 9.17) is 4.74 Å². The van der Waals surface area contributed by atoms with Crippen molar-refractivity contribution < 1.29 is 4.74 Å². The second-order valence-corrected chi connectivity index (χ2v) is 6.30. The summed E-state index contributed by atoms with van der Waals surface area (Å²) in [6, 6.07) is 2.54. The minimum Gasteiger partial charge on any atom is -0.385 e. The summed E-state index contributed by atoms with van der Waals surface area (Å²) in [5.74, 6) is 0. The molecule has 3 heteroatoms. The Kier molecular flexibility index (Phi) is 6.62. The standard InChI is InChI=1S/C16H32N2O/c1-3-9-17-14-12-15-7-8-16(13-14)18(15)10-5-4-6-11-19-2/h14-17H,3-13H2,1-2H3. The Balaban J connectivity index is 1.67. The molecule has 1 N–H and O–H groups in total. The smallest absolute Gasteiger partial charge is 0.0462 e. The number of nitrogens with zero attached hydrogens (tertiary/aromatic N) is 1. The van der Waals surface area contributed by atoms with Crippen LogP contribution in [0.1, 0.15) is 58.3 Å². The van der Waals surface area contributed by atoms with Gasteiger partial charge in [-0.25, -0.2) is 0 Å². The fourth-order valence-electron chi connectivity index (χ4n) is 3.87. The first-order valence-corrected chi connectivity index (χ1v) is 8.33. The highest BCUT2D eigenvalue weighted by Gasteiger charge is 2.39. The first-order chi connectivity index (χ1) is 9.35. The molecule has 2 fully saturated rings. The molecule has 0 amide bonds. The quantitative estimate of drug-likeness (QED) is 0.651. The summed E-state index contributed by atoms with van der Waals surface area (Å²) in [6.07, 6.45) is 10.8. The highest BCUT2D eigenvalue weighted by molar-refractivity contribution is 4.97. The van der Waals surface area contributed by atoms with Crippen LogP contribution in [-0.4, -0.2) is 49.8 Å². The van der Waals surface area contributed by atoms with Gasteiger partial charge in [-0.1, -0.05) is 6.92 Å². The topological polar surface area (TPSA) is 24.5 Å². The third kappa shape index (κ3) is 4.44. The first kappa shape index (κ1) is 15.3. The maximum atomic E-state index is 5.12. The van der Waals surface area contributed by atoms with Crippen molar-refractivity contribution in [3.8, 4) is 0 Å². The number of nitrogens with one attached hydrogen (secondary N) is 1. The van der Waals surface area contributed by atoms with Crippen molar-refractivity contribution >= 4 is 0 Å². The highest BCUT2D eigenvalue weighted by atomic mass is 16.5. The van der Waals surface area contributed by atoms with E-state index in [1.165, 1.54) is 64.5 Å². The molecular formula is C16H32N2O. The Morgan fingerprint density at radius 3 is 2.47 bits per heavy atom. The van der Waals surface area contributed by atoms with Gasteiger partial charge in [-0.3, -0.25) is 4.90 Å². The third-order valence-corrected chi connectivity index (χ3v) is 4.83. The van der Waals surface area contributed by atoms with Crippen LogP contribution in [0, 0.1) is 0 Å². The van der Waals surface area contributed by atoms with Crippen LogP contribution in [0.15, 0.2) is 0 Å². The van der Waals surface area contributed by atoms with Crippen LogP contribution < -0.4 is 5.32 Å². The van der Waals surface area contributed by atoms with Gasteiger partial charge in [-0.05, 0) is 64.5 Å². The number of hydrogen-bond donors (Lipinski definition) is 1. The summed E-state index contributed by atoms with van der Waals surface area (Å²) in [5.41, 5.74) is 0. The van der Waals surface area contributed by atoms with E-state index in [9.17, 15) is 0 Å². The Labute approximate surface area is 119 Å². The minimum absolute atomic E-state index is 0.794. The fourth-order valence-corrected chi connectivity index (χ4v) is 3.87. The molecule has 2 saturated heterocycles. The summed E-state index contributed by atoms with van der Waals surface area (Å²) < 4.78 is 5.12. The maximum absolute atomic E-state index is 5.12. The van der Waals surface area contributed by atoms with Crippen LogP contribution in [0.25, 0.3) is 0 Å². The summed E-state index contributed by atoms with van der Waals surface area (Å²) in [7, 11) is 1.80. The zero-order valence-corrected chi connectivity index (χ0v) is 12.9. The molecule has 2 aliphatic rings. The number of piperidine rings is 1. The molecule has 2 aliphatic heterocycles. The molecule has 0 aromatic carbocycles. The molecular weight excluding hydrogens is 236 g/mol. The van der Waals surface area contributed by atoms with E-state index < -0.39 is 0 Å². The van der Waals surface area contributed by atoms with E-state index in [0.29, 0.717) is 0 Å². The Hall–Kier alpha value is -0.120. The number of ether oxygens (including phenoxy) is 1. The molecule has 2 rings (SSSR count). The summed E-state index contributed by atoms with van der Waals surface area (Å²) in [4.78, 5) is 2.82. The van der Waals surface area contributed by atoms with Crippen LogP contribution in [0.2, 0.25) is 0 Å². The lowest BCUT2D eigenvalue weighted by Gasteiger charge is -2.39. The molecule has 112 valence electrons. The van der Waals surface area contributed by atoms with Crippen molar-refractivity contribution in [1.29, 1.82) is 0 Å². The molecule has 2 heterocycles. The van der Waals surface area contributed by atoms with E-state index >= 15 is 0 Å². The molecule has 2 atom stereocenters. The van der Waals surface area contributed by atoms with Crippen molar-refractivity contribution in [2.24, 2.45) is 0 Å². The van der Waals surface area contributed by atoms with Gasteiger partial charge in [-0.15, -0.1) is 0 Å². The lowest BCUT2D eigenvalue weighted by Crippen LogP contribution is -2.49. The van der Waals surface area contributed by atoms with Crippen LogP contribution in [0.3, 0.4) is 0 Å². The number of hydrogen-bond acceptors (Lipinski definition) is 3. The maximum Gasteiger partial charge on any atom is 0.0462 e. The van der Waals surface area contributed by atoms with Crippen LogP contribution in [-0.2, 0) is 4.74 Å². The second kappa shape index (κ2) is 8.23. The van der Waals surface area contributed by atoms with Gasteiger partial charge in [0.15, 0.2) is 0 Å². The molecule has 0 saturated carbocycles. The van der Waals surface area contributed by atoms with Crippen LogP contribution >= 0.6 is 0 Å². The Morgan fingerprint density at radius 2 is 1.84 bits per heavy atom. The van der Waals surface area contributed by atoms with Gasteiger partial charge in [0, 0.05) is 31.8 Å². The van der Waals surface area contributed by atoms with Crippen molar-refractivity contribution in [3.05, 3.63) is 0 Å². The molecule has 2 bridgehead atoms. The number of methoxy groups -OCH3 is 1. The van der Waals surface area contributed by atoms with E-state index in [1.54, 1.807) is 7.11 Å². The fraction of sp³-hybridized carbons (Fsp3) is 1.00. The summed E-state index contributed by atoms with van der Waals surface area (Å²) >= 11 is 0. The molecule has 0 radical (unpaired) electrons. The predicted molar refractivity (Wildman–Crippen MR) is 80.6 cm³/mol. The van der Waals surface area contributed by atoms with Gasteiger partial charge in [-0.2, -0.15) is 0 Å². The minimum atomic E-state index is 0.794. The van der Waals surface area contributed by atoms with E-state index in [1.807, 2.05) is 0 Å². The summed E-state index contributed by atoms with van der Waals surface area (Å²) in [6.45, 7) is 5.70. The molecule has 0 aliphatic carbocycles. The van der Waals surface area contributed by atoms with Gasteiger partial charge in [0.1, 0.15) is 0 Å².